The van der Waals surface area contributed by atoms with E-state index in [4.69, 9.17) is 5.11 Å². The molecular weight excluding hydrogens is 252 g/mol. The van der Waals surface area contributed by atoms with E-state index in [9.17, 15) is 4.79 Å². The Bertz CT molecular complexity index is 606. The van der Waals surface area contributed by atoms with Gasteiger partial charge in [0, 0.05) is 18.3 Å². The van der Waals surface area contributed by atoms with E-state index in [1.54, 1.807) is 6.20 Å². The maximum absolute atomic E-state index is 10.6. The van der Waals surface area contributed by atoms with Gasteiger partial charge < -0.3 is 10.1 Å². The monoisotopic (exact) mass is 272 g/mol. The summed E-state index contributed by atoms with van der Waals surface area (Å²) in [6.45, 7) is 6.33. The molecule has 1 heterocycles. The van der Waals surface area contributed by atoms with E-state index < -0.39 is 5.97 Å². The number of carboxylic acid groups (broad SMARTS) is 1. The molecule has 0 aliphatic carbocycles. The Morgan fingerprint density at radius 3 is 2.50 bits per heavy atom. The van der Waals surface area contributed by atoms with Crippen LogP contribution in [0.2, 0.25) is 0 Å². The van der Waals surface area contributed by atoms with Crippen molar-refractivity contribution >= 4 is 5.97 Å². The van der Waals surface area contributed by atoms with Gasteiger partial charge in [0.2, 0.25) is 0 Å². The van der Waals surface area contributed by atoms with Gasteiger partial charge in [-0.05, 0) is 43.9 Å². The number of aliphatic carboxylic acids is 1. The minimum atomic E-state index is -0.786. The normalized spacial score (nSPS) is 10.8. The lowest BCUT2D eigenvalue weighted by Crippen LogP contribution is -2.00. The molecule has 1 aromatic heterocycles. The summed E-state index contributed by atoms with van der Waals surface area (Å²) in [5.74, 6) is 0.104. The van der Waals surface area contributed by atoms with Crippen LogP contribution in [0.15, 0.2) is 18.3 Å². The fourth-order valence-electron chi connectivity index (χ4n) is 2.52. The van der Waals surface area contributed by atoms with Gasteiger partial charge in [0.15, 0.2) is 0 Å². The van der Waals surface area contributed by atoms with Gasteiger partial charge in [0.25, 0.3) is 0 Å². The molecular formula is C16H20N2O2. The molecule has 4 nitrogen and oxygen atoms in total. The molecule has 0 fully saturated rings. The van der Waals surface area contributed by atoms with Crippen molar-refractivity contribution < 1.29 is 9.90 Å². The fourth-order valence-corrected chi connectivity index (χ4v) is 2.52. The van der Waals surface area contributed by atoms with Crippen LogP contribution in [-0.2, 0) is 17.6 Å². The molecule has 0 amide bonds. The van der Waals surface area contributed by atoms with Crippen molar-refractivity contribution in [1.29, 1.82) is 0 Å². The maximum Gasteiger partial charge on any atom is 0.303 e. The van der Waals surface area contributed by atoms with Crippen LogP contribution in [0, 0.1) is 20.8 Å². The van der Waals surface area contributed by atoms with E-state index in [-0.39, 0.29) is 6.42 Å². The Morgan fingerprint density at radius 2 is 1.90 bits per heavy atom. The molecule has 2 rings (SSSR count). The number of hydrogen-bond acceptors (Lipinski definition) is 2. The summed E-state index contributed by atoms with van der Waals surface area (Å²) in [4.78, 5) is 18.1. The highest BCUT2D eigenvalue weighted by Crippen LogP contribution is 2.19. The van der Waals surface area contributed by atoms with Crippen molar-refractivity contribution in [3.8, 4) is 0 Å². The molecule has 0 saturated heterocycles. The van der Waals surface area contributed by atoms with Crippen LogP contribution in [0.1, 0.15) is 40.2 Å². The van der Waals surface area contributed by atoms with Crippen LogP contribution in [0.4, 0.5) is 0 Å². The smallest absolute Gasteiger partial charge is 0.303 e. The molecule has 106 valence electrons. The van der Waals surface area contributed by atoms with Gasteiger partial charge in [-0.2, -0.15) is 0 Å². The highest BCUT2D eigenvalue weighted by molar-refractivity contribution is 5.66. The van der Waals surface area contributed by atoms with Gasteiger partial charge in [-0.3, -0.25) is 4.79 Å². The summed E-state index contributed by atoms with van der Waals surface area (Å²) in [6, 6.07) is 4.35. The largest absolute Gasteiger partial charge is 0.481 e. The standard InChI is InChI=1S/C16H20N2O2/c1-10-6-11(2)14(12(3)7-10)8-15-17-9-13(18-15)4-5-16(19)20/h6-7,9H,4-5,8H2,1-3H3,(H,17,18)(H,19,20). The first kappa shape index (κ1) is 14.3. The Balaban J connectivity index is 2.13. The number of carbonyl (C=O) groups is 1. The number of aromatic nitrogens is 2. The van der Waals surface area contributed by atoms with Gasteiger partial charge in [0.1, 0.15) is 5.82 Å². The number of imidazole rings is 1. The third-order valence-electron chi connectivity index (χ3n) is 3.47. The molecule has 4 heteroatoms. The Kier molecular flexibility index (Phi) is 4.23. The average molecular weight is 272 g/mol. The van der Waals surface area contributed by atoms with Crippen molar-refractivity contribution in [3.63, 3.8) is 0 Å². The SMILES string of the molecule is Cc1cc(C)c(Cc2ncc(CCC(=O)O)[nH]2)c(C)c1. The summed E-state index contributed by atoms with van der Waals surface area (Å²) >= 11 is 0. The number of benzene rings is 1. The van der Waals surface area contributed by atoms with Crippen LogP contribution in [-0.4, -0.2) is 21.0 Å². The minimum absolute atomic E-state index is 0.129. The number of H-pyrrole nitrogens is 1. The average Bonchev–Trinajstić information content (AvgIpc) is 2.79. The molecule has 0 atom stereocenters. The predicted octanol–water partition coefficient (Wildman–Crippen LogP) is 2.94. The van der Waals surface area contributed by atoms with E-state index in [2.05, 4.69) is 42.9 Å². The fraction of sp³-hybridized carbons (Fsp3) is 0.375. The molecule has 0 bridgehead atoms. The molecule has 2 aromatic rings. The summed E-state index contributed by atoms with van der Waals surface area (Å²) in [6.07, 6.45) is 3.11. The first-order valence-corrected chi connectivity index (χ1v) is 6.77. The molecule has 1 aromatic carbocycles. The Morgan fingerprint density at radius 1 is 1.25 bits per heavy atom. The quantitative estimate of drug-likeness (QED) is 0.879. The third-order valence-corrected chi connectivity index (χ3v) is 3.47. The molecule has 20 heavy (non-hydrogen) atoms. The summed E-state index contributed by atoms with van der Waals surface area (Å²) < 4.78 is 0. The van der Waals surface area contributed by atoms with Gasteiger partial charge in [-0.15, -0.1) is 0 Å². The molecule has 0 spiro atoms. The van der Waals surface area contributed by atoms with Crippen LogP contribution in [0.25, 0.3) is 0 Å². The van der Waals surface area contributed by atoms with Gasteiger partial charge in [0.05, 0.1) is 6.42 Å². The first-order chi connectivity index (χ1) is 9.45. The van der Waals surface area contributed by atoms with Crippen molar-refractivity contribution in [1.82, 2.24) is 9.97 Å². The summed E-state index contributed by atoms with van der Waals surface area (Å²) in [7, 11) is 0. The van der Waals surface area contributed by atoms with E-state index >= 15 is 0 Å². The second-order valence-corrected chi connectivity index (χ2v) is 5.30. The number of aromatic amines is 1. The number of hydrogen-bond donors (Lipinski definition) is 2. The van der Waals surface area contributed by atoms with Crippen molar-refractivity contribution in [2.75, 3.05) is 0 Å². The molecule has 0 aliphatic heterocycles. The van der Waals surface area contributed by atoms with E-state index in [0.717, 1.165) is 17.9 Å². The van der Waals surface area contributed by atoms with E-state index in [0.29, 0.717) is 6.42 Å². The Labute approximate surface area is 118 Å². The number of nitrogens with one attached hydrogen (secondary N) is 1. The van der Waals surface area contributed by atoms with Crippen LogP contribution >= 0.6 is 0 Å². The predicted molar refractivity (Wildman–Crippen MR) is 78.0 cm³/mol. The van der Waals surface area contributed by atoms with E-state index in [1.165, 1.54) is 22.3 Å². The number of nitrogens with zero attached hydrogens (tertiary/aromatic N) is 1. The highest BCUT2D eigenvalue weighted by Gasteiger charge is 2.08. The summed E-state index contributed by atoms with van der Waals surface area (Å²) in [5.41, 5.74) is 5.97. The number of aryl methyl sites for hydroxylation is 4. The van der Waals surface area contributed by atoms with Crippen LogP contribution in [0.3, 0.4) is 0 Å². The highest BCUT2D eigenvalue weighted by atomic mass is 16.4. The zero-order valence-corrected chi connectivity index (χ0v) is 12.2. The molecule has 0 saturated carbocycles. The lowest BCUT2D eigenvalue weighted by Gasteiger charge is -2.09. The first-order valence-electron chi connectivity index (χ1n) is 6.77. The molecule has 2 N–H and O–H groups in total. The topological polar surface area (TPSA) is 66.0 Å². The van der Waals surface area contributed by atoms with E-state index in [1.807, 2.05) is 0 Å². The second-order valence-electron chi connectivity index (χ2n) is 5.30. The lowest BCUT2D eigenvalue weighted by molar-refractivity contribution is -0.136. The second kappa shape index (κ2) is 5.90. The van der Waals surface area contributed by atoms with Crippen LogP contribution < -0.4 is 0 Å². The van der Waals surface area contributed by atoms with Gasteiger partial charge >= 0.3 is 5.97 Å². The maximum atomic E-state index is 10.6. The van der Waals surface area contributed by atoms with Crippen molar-refractivity contribution in [2.24, 2.45) is 0 Å². The molecule has 0 unspecified atom stereocenters. The number of rotatable bonds is 5. The number of carboxylic acids is 1. The zero-order valence-electron chi connectivity index (χ0n) is 12.2. The van der Waals surface area contributed by atoms with Crippen molar-refractivity contribution in [3.05, 3.63) is 52.1 Å². The van der Waals surface area contributed by atoms with Gasteiger partial charge in [-0.1, -0.05) is 17.7 Å². The lowest BCUT2D eigenvalue weighted by atomic mass is 9.97. The molecule has 0 aliphatic rings. The van der Waals surface area contributed by atoms with Crippen LogP contribution in [0.5, 0.6) is 0 Å². The Hall–Kier alpha value is -2.10. The van der Waals surface area contributed by atoms with Crippen molar-refractivity contribution in [2.45, 2.75) is 40.0 Å². The zero-order chi connectivity index (χ0) is 14.7. The summed E-state index contributed by atoms with van der Waals surface area (Å²) in [5, 5.41) is 8.68. The minimum Gasteiger partial charge on any atom is -0.481 e. The third kappa shape index (κ3) is 3.47. The van der Waals surface area contributed by atoms with Gasteiger partial charge in [-0.25, -0.2) is 4.98 Å². The molecule has 0 radical (unpaired) electrons.